The highest BCUT2D eigenvalue weighted by Crippen LogP contribution is 2.22. The molecule has 1 rings (SSSR count). The number of aromatic nitrogens is 1. The van der Waals surface area contributed by atoms with E-state index >= 15 is 0 Å². The standard InChI is InChI=1S/C7H3BrF2N2O/c8-6-5(7(9)10)4(13)1-3(2-11)12-6/h1,7H,(H,12,13). The number of aromatic amines is 1. The molecule has 1 aromatic heterocycles. The maximum absolute atomic E-state index is 12.2. The molecule has 0 saturated heterocycles. The number of nitriles is 1. The van der Waals surface area contributed by atoms with E-state index in [-0.39, 0.29) is 10.3 Å². The Morgan fingerprint density at radius 3 is 2.62 bits per heavy atom. The van der Waals surface area contributed by atoms with E-state index in [4.69, 9.17) is 5.26 Å². The van der Waals surface area contributed by atoms with Crippen molar-refractivity contribution in [3.05, 3.63) is 32.2 Å². The number of nitrogens with zero attached hydrogens (tertiary/aromatic N) is 1. The van der Waals surface area contributed by atoms with Crippen LogP contribution in [0.3, 0.4) is 0 Å². The van der Waals surface area contributed by atoms with Crippen molar-refractivity contribution in [1.82, 2.24) is 4.98 Å². The number of halogens is 3. The van der Waals surface area contributed by atoms with Crippen molar-refractivity contribution in [2.24, 2.45) is 0 Å². The van der Waals surface area contributed by atoms with Gasteiger partial charge in [-0.15, -0.1) is 0 Å². The largest absolute Gasteiger partial charge is 0.340 e. The summed E-state index contributed by atoms with van der Waals surface area (Å²) < 4.78 is 24.2. The second-order valence-electron chi connectivity index (χ2n) is 2.19. The van der Waals surface area contributed by atoms with E-state index in [0.29, 0.717) is 0 Å². The van der Waals surface area contributed by atoms with Crippen molar-refractivity contribution in [3.8, 4) is 6.07 Å². The maximum Gasteiger partial charge on any atom is 0.270 e. The fourth-order valence-electron chi connectivity index (χ4n) is 0.802. The Morgan fingerprint density at radius 2 is 2.23 bits per heavy atom. The van der Waals surface area contributed by atoms with Crippen molar-refractivity contribution in [2.45, 2.75) is 6.43 Å². The van der Waals surface area contributed by atoms with Crippen molar-refractivity contribution >= 4 is 15.9 Å². The third-order valence-corrected chi connectivity index (χ3v) is 1.99. The van der Waals surface area contributed by atoms with E-state index in [0.717, 1.165) is 6.07 Å². The summed E-state index contributed by atoms with van der Waals surface area (Å²) in [6.07, 6.45) is -2.86. The van der Waals surface area contributed by atoms with Gasteiger partial charge in [0.05, 0.1) is 10.2 Å². The van der Waals surface area contributed by atoms with Gasteiger partial charge < -0.3 is 4.98 Å². The average molecular weight is 249 g/mol. The van der Waals surface area contributed by atoms with E-state index in [2.05, 4.69) is 20.9 Å². The van der Waals surface area contributed by atoms with Crippen LogP contribution in [-0.4, -0.2) is 4.98 Å². The predicted molar refractivity (Wildman–Crippen MR) is 44.4 cm³/mol. The Morgan fingerprint density at radius 1 is 1.62 bits per heavy atom. The van der Waals surface area contributed by atoms with Crippen LogP contribution in [0, 0.1) is 11.3 Å². The van der Waals surface area contributed by atoms with E-state index in [9.17, 15) is 13.6 Å². The molecule has 0 aliphatic carbocycles. The second kappa shape index (κ2) is 3.66. The molecule has 0 atom stereocenters. The summed E-state index contributed by atoms with van der Waals surface area (Å²) in [6, 6.07) is 2.48. The lowest BCUT2D eigenvalue weighted by Gasteiger charge is -2.01. The smallest absolute Gasteiger partial charge is 0.270 e. The lowest BCUT2D eigenvalue weighted by molar-refractivity contribution is 0.149. The minimum absolute atomic E-state index is 0.0544. The van der Waals surface area contributed by atoms with Gasteiger partial charge in [0.25, 0.3) is 6.43 Å². The molecule has 0 saturated carbocycles. The first-order valence-corrected chi connectivity index (χ1v) is 3.96. The molecule has 0 bridgehead atoms. The lowest BCUT2D eigenvalue weighted by atomic mass is 10.2. The molecule has 0 fully saturated rings. The zero-order valence-electron chi connectivity index (χ0n) is 6.14. The molecule has 0 aromatic carbocycles. The van der Waals surface area contributed by atoms with Gasteiger partial charge in [-0.1, -0.05) is 0 Å². The summed E-state index contributed by atoms with van der Waals surface area (Å²) >= 11 is 2.75. The zero-order valence-corrected chi connectivity index (χ0v) is 7.73. The number of alkyl halides is 2. The lowest BCUT2D eigenvalue weighted by Crippen LogP contribution is -2.11. The Labute approximate surface area is 80.1 Å². The van der Waals surface area contributed by atoms with Crippen LogP contribution in [0.25, 0.3) is 0 Å². The molecule has 3 nitrogen and oxygen atoms in total. The predicted octanol–water partition coefficient (Wildman–Crippen LogP) is 1.95. The molecule has 68 valence electrons. The number of hydrogen-bond acceptors (Lipinski definition) is 2. The van der Waals surface area contributed by atoms with Crippen LogP contribution >= 0.6 is 15.9 Å². The average Bonchev–Trinajstić information content (AvgIpc) is 2.02. The van der Waals surface area contributed by atoms with Crippen molar-refractivity contribution in [3.63, 3.8) is 0 Å². The molecule has 13 heavy (non-hydrogen) atoms. The first kappa shape index (κ1) is 9.86. The van der Waals surface area contributed by atoms with Crippen molar-refractivity contribution in [1.29, 1.82) is 5.26 Å². The summed E-state index contributed by atoms with van der Waals surface area (Å²) in [5.74, 6) is 0. The molecule has 1 aromatic rings. The number of H-pyrrole nitrogens is 1. The Bertz CT molecular complexity index is 421. The van der Waals surface area contributed by atoms with E-state index in [1.54, 1.807) is 6.07 Å². The molecule has 0 unspecified atom stereocenters. The normalized spacial score (nSPS) is 10.1. The summed E-state index contributed by atoms with van der Waals surface area (Å²) in [6.45, 7) is 0. The fraction of sp³-hybridized carbons (Fsp3) is 0.143. The topological polar surface area (TPSA) is 56.6 Å². The SMILES string of the molecule is N#Cc1cc(=O)c(C(F)F)c(Br)[nH]1. The first-order chi connectivity index (χ1) is 6.06. The van der Waals surface area contributed by atoms with Crippen molar-refractivity contribution in [2.75, 3.05) is 0 Å². The van der Waals surface area contributed by atoms with Crippen LogP contribution in [-0.2, 0) is 0 Å². The summed E-state index contributed by atoms with van der Waals surface area (Å²) in [5.41, 5.74) is -1.56. The van der Waals surface area contributed by atoms with Crippen LogP contribution in [0.15, 0.2) is 15.5 Å². The number of hydrogen-bond donors (Lipinski definition) is 1. The number of pyridine rings is 1. The summed E-state index contributed by atoms with van der Waals surface area (Å²) in [7, 11) is 0. The maximum atomic E-state index is 12.2. The van der Waals surface area contributed by atoms with Gasteiger partial charge in [-0.05, 0) is 15.9 Å². The van der Waals surface area contributed by atoms with Crippen LogP contribution in [0.4, 0.5) is 8.78 Å². The Hall–Kier alpha value is -1.22. The highest BCUT2D eigenvalue weighted by Gasteiger charge is 2.16. The third kappa shape index (κ3) is 1.92. The molecule has 0 amide bonds. The van der Waals surface area contributed by atoms with Gasteiger partial charge in [-0.25, -0.2) is 8.78 Å². The van der Waals surface area contributed by atoms with Gasteiger partial charge in [0.2, 0.25) is 0 Å². The van der Waals surface area contributed by atoms with Crippen molar-refractivity contribution < 1.29 is 8.78 Å². The summed E-state index contributed by atoms with van der Waals surface area (Å²) in [5, 5.41) is 8.39. The van der Waals surface area contributed by atoms with Crippen LogP contribution in [0.1, 0.15) is 17.7 Å². The first-order valence-electron chi connectivity index (χ1n) is 3.17. The van der Waals surface area contributed by atoms with Crippen LogP contribution < -0.4 is 5.43 Å². The molecule has 1 N–H and O–H groups in total. The quantitative estimate of drug-likeness (QED) is 0.773. The van der Waals surface area contributed by atoms with Crippen LogP contribution in [0.2, 0.25) is 0 Å². The molecular weight excluding hydrogens is 246 g/mol. The van der Waals surface area contributed by atoms with Gasteiger partial charge in [0.1, 0.15) is 11.8 Å². The molecule has 1 heterocycles. The van der Waals surface area contributed by atoms with E-state index in [1.807, 2.05) is 0 Å². The van der Waals surface area contributed by atoms with Gasteiger partial charge in [0, 0.05) is 6.07 Å². The highest BCUT2D eigenvalue weighted by atomic mass is 79.9. The minimum Gasteiger partial charge on any atom is -0.340 e. The minimum atomic E-state index is -2.86. The van der Waals surface area contributed by atoms with E-state index in [1.165, 1.54) is 0 Å². The summed E-state index contributed by atoms with van der Waals surface area (Å²) in [4.78, 5) is 13.3. The molecule has 0 aliphatic heterocycles. The molecule has 0 aliphatic rings. The Kier molecular flexibility index (Phi) is 2.78. The van der Waals surface area contributed by atoms with E-state index < -0.39 is 17.4 Å². The van der Waals surface area contributed by atoms with Gasteiger partial charge in [0.15, 0.2) is 5.43 Å². The van der Waals surface area contributed by atoms with Gasteiger partial charge in [-0.2, -0.15) is 5.26 Å². The van der Waals surface area contributed by atoms with Gasteiger partial charge >= 0.3 is 0 Å². The molecule has 0 spiro atoms. The fourth-order valence-corrected chi connectivity index (χ4v) is 1.38. The third-order valence-electron chi connectivity index (χ3n) is 1.36. The molecular formula is C7H3BrF2N2O. The molecule has 0 radical (unpaired) electrons. The second-order valence-corrected chi connectivity index (χ2v) is 2.98. The highest BCUT2D eigenvalue weighted by molar-refractivity contribution is 9.10. The zero-order chi connectivity index (χ0) is 10.0. The monoisotopic (exact) mass is 248 g/mol. The van der Waals surface area contributed by atoms with Gasteiger partial charge in [-0.3, -0.25) is 4.79 Å². The number of nitrogens with one attached hydrogen (secondary N) is 1. The molecule has 6 heteroatoms. The number of rotatable bonds is 1. The Balaban J connectivity index is 3.43. The van der Waals surface area contributed by atoms with Crippen LogP contribution in [0.5, 0.6) is 0 Å².